The highest BCUT2D eigenvalue weighted by molar-refractivity contribution is 7.80. The Bertz CT molecular complexity index is 606. The van der Waals surface area contributed by atoms with Crippen LogP contribution in [-0.2, 0) is 0 Å². The third kappa shape index (κ3) is 3.75. The van der Waals surface area contributed by atoms with Gasteiger partial charge in [-0.2, -0.15) is 5.10 Å². The van der Waals surface area contributed by atoms with Crippen molar-refractivity contribution in [2.24, 2.45) is 16.9 Å². The van der Waals surface area contributed by atoms with E-state index in [1.54, 1.807) is 20.4 Å². The molecule has 0 saturated heterocycles. The first kappa shape index (κ1) is 16.1. The van der Waals surface area contributed by atoms with Gasteiger partial charge in [-0.05, 0) is 67.1 Å². The number of ether oxygens (including phenoxy) is 2. The van der Waals surface area contributed by atoms with Crippen LogP contribution in [0.3, 0.4) is 0 Å². The van der Waals surface area contributed by atoms with Crippen LogP contribution in [-0.4, -0.2) is 31.6 Å². The predicted molar refractivity (Wildman–Crippen MR) is 95.2 cm³/mol. The smallest absolute Gasteiger partial charge is 0.187 e. The van der Waals surface area contributed by atoms with Crippen molar-refractivity contribution < 1.29 is 9.47 Å². The van der Waals surface area contributed by atoms with Gasteiger partial charge in [0.1, 0.15) is 0 Å². The normalized spacial score (nSPS) is 25.6. The lowest BCUT2D eigenvalue weighted by atomic mass is 9.96. The minimum atomic E-state index is 0.519. The molecule has 5 nitrogen and oxygen atoms in total. The van der Waals surface area contributed by atoms with Gasteiger partial charge in [-0.15, -0.1) is 0 Å². The topological polar surface area (TPSA) is 54.9 Å². The van der Waals surface area contributed by atoms with Gasteiger partial charge in [0.2, 0.25) is 0 Å². The molecule has 6 heteroatoms. The van der Waals surface area contributed by atoms with Crippen molar-refractivity contribution in [3.05, 3.63) is 23.8 Å². The van der Waals surface area contributed by atoms with E-state index in [2.05, 4.69) is 15.8 Å². The van der Waals surface area contributed by atoms with Crippen LogP contribution < -0.4 is 20.2 Å². The fourth-order valence-electron chi connectivity index (χ4n) is 3.72. The highest BCUT2D eigenvalue weighted by Gasteiger charge is 2.39. The molecule has 0 amide bonds. The largest absolute Gasteiger partial charge is 0.493 e. The molecule has 2 saturated carbocycles. The van der Waals surface area contributed by atoms with Gasteiger partial charge in [-0.25, -0.2) is 0 Å². The van der Waals surface area contributed by atoms with Gasteiger partial charge in [0.05, 0.1) is 20.4 Å². The molecule has 0 aliphatic heterocycles. The number of hydrogen-bond donors (Lipinski definition) is 2. The summed E-state index contributed by atoms with van der Waals surface area (Å²) in [7, 11) is 3.23. The van der Waals surface area contributed by atoms with E-state index in [1.807, 2.05) is 18.2 Å². The second-order valence-electron chi connectivity index (χ2n) is 6.24. The summed E-state index contributed by atoms with van der Waals surface area (Å²) >= 11 is 5.33. The first-order valence-corrected chi connectivity index (χ1v) is 8.42. The molecule has 124 valence electrons. The van der Waals surface area contributed by atoms with Crippen LogP contribution >= 0.6 is 12.2 Å². The van der Waals surface area contributed by atoms with Gasteiger partial charge in [0, 0.05) is 6.04 Å². The second-order valence-corrected chi connectivity index (χ2v) is 6.65. The maximum Gasteiger partial charge on any atom is 0.187 e. The lowest BCUT2D eigenvalue weighted by Gasteiger charge is -2.23. The lowest BCUT2D eigenvalue weighted by Crippen LogP contribution is -2.42. The molecule has 2 aliphatic rings. The Morgan fingerprint density at radius 3 is 2.70 bits per heavy atom. The molecule has 0 radical (unpaired) electrons. The van der Waals surface area contributed by atoms with E-state index in [0.717, 1.165) is 17.4 Å². The molecular formula is C17H23N3O2S. The average molecular weight is 333 g/mol. The van der Waals surface area contributed by atoms with Crippen LogP contribution in [0.25, 0.3) is 0 Å². The summed E-state index contributed by atoms with van der Waals surface area (Å²) < 4.78 is 10.5. The predicted octanol–water partition coefficient (Wildman–Crippen LogP) is 2.69. The molecule has 2 N–H and O–H groups in total. The van der Waals surface area contributed by atoms with E-state index in [9.17, 15) is 0 Å². The van der Waals surface area contributed by atoms with E-state index < -0.39 is 0 Å². The summed E-state index contributed by atoms with van der Waals surface area (Å²) in [6, 6.07) is 6.16. The summed E-state index contributed by atoms with van der Waals surface area (Å²) in [5.41, 5.74) is 3.82. The Hall–Kier alpha value is -1.82. The highest BCUT2D eigenvalue weighted by atomic mass is 32.1. The van der Waals surface area contributed by atoms with Crippen LogP contribution in [0.1, 0.15) is 31.2 Å². The molecule has 2 fully saturated rings. The second kappa shape index (κ2) is 7.17. The van der Waals surface area contributed by atoms with Crippen molar-refractivity contribution in [2.75, 3.05) is 14.2 Å². The maximum absolute atomic E-state index is 5.33. The zero-order valence-electron chi connectivity index (χ0n) is 13.5. The number of hydrazone groups is 1. The Labute approximate surface area is 142 Å². The number of nitrogens with zero attached hydrogens (tertiary/aromatic N) is 1. The maximum atomic E-state index is 5.33. The van der Waals surface area contributed by atoms with Crippen molar-refractivity contribution in [1.82, 2.24) is 10.7 Å². The third-order valence-electron chi connectivity index (χ3n) is 4.84. The Balaban J connectivity index is 1.51. The highest BCUT2D eigenvalue weighted by Crippen LogP contribution is 2.44. The van der Waals surface area contributed by atoms with E-state index in [0.29, 0.717) is 22.7 Å². The summed E-state index contributed by atoms with van der Waals surface area (Å²) in [4.78, 5) is 0. The van der Waals surface area contributed by atoms with Gasteiger partial charge in [0.15, 0.2) is 16.6 Å². The molecule has 0 heterocycles. The SMILES string of the molecule is COc1ccc(/C=N\NC(=S)N[C@@H]2C[C@@H]3CC[C@@H]2C3)cc1OC. The number of hydrogen-bond acceptors (Lipinski definition) is 4. The molecule has 0 spiro atoms. The van der Waals surface area contributed by atoms with Crippen molar-refractivity contribution >= 4 is 23.5 Å². The molecule has 3 rings (SSSR count). The molecule has 3 atom stereocenters. The monoisotopic (exact) mass is 333 g/mol. The lowest BCUT2D eigenvalue weighted by molar-refractivity contribution is 0.355. The molecule has 0 aromatic heterocycles. The minimum Gasteiger partial charge on any atom is -0.493 e. The van der Waals surface area contributed by atoms with Crippen LogP contribution in [0.2, 0.25) is 0 Å². The van der Waals surface area contributed by atoms with Gasteiger partial charge >= 0.3 is 0 Å². The van der Waals surface area contributed by atoms with E-state index >= 15 is 0 Å². The van der Waals surface area contributed by atoms with Crippen LogP contribution in [0.4, 0.5) is 0 Å². The van der Waals surface area contributed by atoms with E-state index in [-0.39, 0.29) is 0 Å². The summed E-state index contributed by atoms with van der Waals surface area (Å²) in [6.07, 6.45) is 7.04. The fourth-order valence-corrected chi connectivity index (χ4v) is 3.92. The zero-order chi connectivity index (χ0) is 16.2. The first-order valence-electron chi connectivity index (χ1n) is 8.01. The summed E-state index contributed by atoms with van der Waals surface area (Å²) in [5, 5.41) is 8.20. The van der Waals surface area contributed by atoms with Crippen molar-refractivity contribution in [1.29, 1.82) is 0 Å². The standard InChI is InChI=1S/C17H23N3O2S/c1-21-15-6-4-12(9-16(15)22-2)10-18-20-17(23)19-14-8-11-3-5-13(14)7-11/h4,6,9-11,13-14H,3,5,7-8H2,1-2H3,(H2,19,20,23)/b18-10-/t11-,13-,14-/m1/s1. The van der Waals surface area contributed by atoms with E-state index in [4.69, 9.17) is 21.7 Å². The number of benzene rings is 1. The Morgan fingerprint density at radius 1 is 1.22 bits per heavy atom. The molecule has 0 unspecified atom stereocenters. The number of methoxy groups -OCH3 is 2. The first-order chi connectivity index (χ1) is 11.2. The molecule has 2 aliphatic carbocycles. The van der Waals surface area contributed by atoms with Crippen LogP contribution in [0.5, 0.6) is 11.5 Å². The Kier molecular flexibility index (Phi) is 5.00. The summed E-state index contributed by atoms with van der Waals surface area (Å²) in [5.74, 6) is 3.07. The number of thiocarbonyl (C=S) groups is 1. The number of rotatable bonds is 5. The summed E-state index contributed by atoms with van der Waals surface area (Å²) in [6.45, 7) is 0. The minimum absolute atomic E-state index is 0.519. The molecule has 1 aromatic carbocycles. The average Bonchev–Trinajstić information content (AvgIpc) is 3.17. The quantitative estimate of drug-likeness (QED) is 0.493. The van der Waals surface area contributed by atoms with Crippen molar-refractivity contribution in [3.8, 4) is 11.5 Å². The fraction of sp³-hybridized carbons (Fsp3) is 0.529. The number of nitrogens with one attached hydrogen (secondary N) is 2. The van der Waals surface area contributed by atoms with Crippen molar-refractivity contribution in [2.45, 2.75) is 31.7 Å². The number of fused-ring (bicyclic) bond motifs is 2. The zero-order valence-corrected chi connectivity index (χ0v) is 14.4. The molecule has 1 aromatic rings. The Morgan fingerprint density at radius 2 is 2.04 bits per heavy atom. The molecule has 2 bridgehead atoms. The third-order valence-corrected chi connectivity index (χ3v) is 5.05. The van der Waals surface area contributed by atoms with Crippen molar-refractivity contribution in [3.63, 3.8) is 0 Å². The molecular weight excluding hydrogens is 310 g/mol. The van der Waals surface area contributed by atoms with Gasteiger partial charge in [0.25, 0.3) is 0 Å². The molecule has 23 heavy (non-hydrogen) atoms. The van der Waals surface area contributed by atoms with Gasteiger partial charge in [-0.3, -0.25) is 5.43 Å². The van der Waals surface area contributed by atoms with Crippen LogP contribution in [0.15, 0.2) is 23.3 Å². The van der Waals surface area contributed by atoms with Gasteiger partial charge < -0.3 is 14.8 Å². The van der Waals surface area contributed by atoms with Gasteiger partial charge in [-0.1, -0.05) is 6.42 Å². The van der Waals surface area contributed by atoms with Crippen LogP contribution in [0, 0.1) is 11.8 Å². The van der Waals surface area contributed by atoms with E-state index in [1.165, 1.54) is 25.7 Å².